The molecule has 0 amide bonds. The van der Waals surface area contributed by atoms with Gasteiger partial charge in [0, 0.05) is 55.5 Å². The van der Waals surface area contributed by atoms with Crippen molar-refractivity contribution in [2.45, 2.75) is 12.8 Å². The summed E-state index contributed by atoms with van der Waals surface area (Å²) in [7, 11) is 0. The highest BCUT2D eigenvalue weighted by molar-refractivity contribution is 14.1. The maximum atomic E-state index is 10.7. The molecular formula is C8H14I2N2O. The Morgan fingerprint density at radius 1 is 1.23 bits per heavy atom. The van der Waals surface area contributed by atoms with Crippen molar-refractivity contribution in [3.05, 3.63) is 0 Å². The molecule has 0 atom stereocenters. The summed E-state index contributed by atoms with van der Waals surface area (Å²) in [4.78, 5) is 13.1. The molecule has 5 heteroatoms. The maximum Gasteiger partial charge on any atom is 0.192 e. The van der Waals surface area contributed by atoms with E-state index in [1.165, 1.54) is 0 Å². The van der Waals surface area contributed by atoms with E-state index in [4.69, 9.17) is 0 Å². The standard InChI is InChI=1S/C8H14I2N2O/c9-8(13)2-1-3-11-4-6-12(10)7-5-11/h1-7H2. The average Bonchev–Trinajstić information content (AvgIpc) is 2.08. The second-order valence-corrected chi connectivity index (χ2v) is 5.78. The highest BCUT2D eigenvalue weighted by Crippen LogP contribution is 2.07. The summed E-state index contributed by atoms with van der Waals surface area (Å²) in [5, 5.41) is 0. The smallest absolute Gasteiger partial charge is 0.192 e. The fourth-order valence-corrected chi connectivity index (χ4v) is 2.20. The predicted octanol–water partition coefficient (Wildman–Crippen LogP) is 1.70. The van der Waals surface area contributed by atoms with Gasteiger partial charge in [0.25, 0.3) is 0 Å². The lowest BCUT2D eigenvalue weighted by Gasteiger charge is -2.30. The van der Waals surface area contributed by atoms with Crippen molar-refractivity contribution in [2.24, 2.45) is 0 Å². The van der Waals surface area contributed by atoms with Crippen LogP contribution in [-0.4, -0.2) is 44.5 Å². The first kappa shape index (κ1) is 12.1. The molecule has 0 bridgehead atoms. The molecule has 1 aliphatic rings. The minimum Gasteiger partial charge on any atom is -0.301 e. The number of piperazine rings is 1. The lowest BCUT2D eigenvalue weighted by molar-refractivity contribution is -0.109. The quantitative estimate of drug-likeness (QED) is 0.402. The molecule has 1 aliphatic heterocycles. The number of carbonyl (C=O) groups excluding carboxylic acids is 1. The molecule has 0 aromatic rings. The largest absolute Gasteiger partial charge is 0.301 e. The number of hydrogen-bond donors (Lipinski definition) is 0. The zero-order chi connectivity index (χ0) is 9.68. The molecule has 0 aromatic heterocycles. The van der Waals surface area contributed by atoms with Gasteiger partial charge in [-0.1, -0.05) is 0 Å². The van der Waals surface area contributed by atoms with Crippen molar-refractivity contribution in [1.29, 1.82) is 0 Å². The summed E-state index contributed by atoms with van der Waals surface area (Å²) in [5.74, 6) is 0. The van der Waals surface area contributed by atoms with Crippen molar-refractivity contribution in [3.8, 4) is 0 Å². The third-order valence-electron chi connectivity index (χ3n) is 2.17. The van der Waals surface area contributed by atoms with E-state index in [1.54, 1.807) is 0 Å². The molecule has 1 saturated heterocycles. The van der Waals surface area contributed by atoms with Crippen LogP contribution in [0.5, 0.6) is 0 Å². The topological polar surface area (TPSA) is 23.6 Å². The summed E-state index contributed by atoms with van der Waals surface area (Å²) in [6.07, 6.45) is 1.74. The zero-order valence-corrected chi connectivity index (χ0v) is 11.8. The van der Waals surface area contributed by atoms with Crippen LogP contribution in [0.25, 0.3) is 0 Å². The fourth-order valence-electron chi connectivity index (χ4n) is 1.39. The van der Waals surface area contributed by atoms with Gasteiger partial charge in [-0.15, -0.1) is 0 Å². The van der Waals surface area contributed by atoms with E-state index in [0.29, 0.717) is 0 Å². The van der Waals surface area contributed by atoms with Gasteiger partial charge in [-0.05, 0) is 35.6 Å². The molecule has 0 aromatic carbocycles. The van der Waals surface area contributed by atoms with E-state index in [9.17, 15) is 4.79 Å². The first-order valence-corrected chi connectivity index (χ1v) is 6.54. The number of carbonyl (C=O) groups is 1. The molecule has 0 saturated carbocycles. The Kier molecular flexibility index (Phi) is 6.08. The van der Waals surface area contributed by atoms with Gasteiger partial charge in [0.05, 0.1) is 0 Å². The van der Waals surface area contributed by atoms with Crippen LogP contribution >= 0.6 is 45.5 Å². The van der Waals surface area contributed by atoms with Gasteiger partial charge in [-0.3, -0.25) is 4.79 Å². The Bertz CT molecular complexity index is 170. The molecule has 1 rings (SSSR count). The van der Waals surface area contributed by atoms with Crippen molar-refractivity contribution >= 4 is 49.2 Å². The van der Waals surface area contributed by atoms with Gasteiger partial charge < -0.3 is 4.90 Å². The van der Waals surface area contributed by atoms with E-state index in [1.807, 2.05) is 22.6 Å². The lowest BCUT2D eigenvalue weighted by atomic mass is 10.3. The summed E-state index contributed by atoms with van der Waals surface area (Å²) >= 11 is 4.24. The van der Waals surface area contributed by atoms with Crippen LogP contribution in [0.3, 0.4) is 0 Å². The van der Waals surface area contributed by atoms with Gasteiger partial charge in [-0.2, -0.15) is 0 Å². The molecular weight excluding hydrogens is 394 g/mol. The Morgan fingerprint density at radius 3 is 2.38 bits per heavy atom. The van der Waals surface area contributed by atoms with Crippen LogP contribution in [0, 0.1) is 0 Å². The Labute approximate surface area is 107 Å². The van der Waals surface area contributed by atoms with Crippen molar-refractivity contribution in [1.82, 2.24) is 8.01 Å². The van der Waals surface area contributed by atoms with Crippen molar-refractivity contribution < 1.29 is 4.79 Å². The van der Waals surface area contributed by atoms with E-state index in [2.05, 4.69) is 30.9 Å². The molecule has 0 N–H and O–H groups in total. The molecule has 0 unspecified atom stereocenters. The third kappa shape index (κ3) is 5.48. The average molecular weight is 408 g/mol. The molecule has 0 radical (unpaired) electrons. The van der Waals surface area contributed by atoms with Crippen LogP contribution in [0.1, 0.15) is 12.8 Å². The summed E-state index contributed by atoms with van der Waals surface area (Å²) in [6.45, 7) is 5.69. The van der Waals surface area contributed by atoms with Crippen LogP contribution in [-0.2, 0) is 4.79 Å². The summed E-state index contributed by atoms with van der Waals surface area (Å²) < 4.78 is 2.60. The van der Waals surface area contributed by atoms with E-state index in [0.717, 1.165) is 45.6 Å². The highest BCUT2D eigenvalue weighted by atomic mass is 127. The normalized spacial score (nSPS) is 20.5. The molecule has 0 spiro atoms. The van der Waals surface area contributed by atoms with Crippen LogP contribution in [0.2, 0.25) is 0 Å². The molecule has 0 aliphatic carbocycles. The SMILES string of the molecule is O=C(I)CCCN1CCN(I)CC1. The monoisotopic (exact) mass is 408 g/mol. The third-order valence-corrected chi connectivity index (χ3v) is 3.67. The van der Waals surface area contributed by atoms with Crippen molar-refractivity contribution in [2.75, 3.05) is 32.7 Å². The second kappa shape index (κ2) is 6.52. The molecule has 1 fully saturated rings. The first-order valence-electron chi connectivity index (χ1n) is 4.50. The van der Waals surface area contributed by atoms with E-state index < -0.39 is 0 Å². The summed E-state index contributed by atoms with van der Waals surface area (Å²) in [6, 6.07) is 0. The number of nitrogens with zero attached hydrogens (tertiary/aromatic N) is 2. The van der Waals surface area contributed by atoms with Gasteiger partial charge in [0.15, 0.2) is 3.79 Å². The number of halogens is 2. The highest BCUT2D eigenvalue weighted by Gasteiger charge is 2.13. The molecule has 3 nitrogen and oxygen atoms in total. The van der Waals surface area contributed by atoms with Gasteiger partial charge >= 0.3 is 0 Å². The zero-order valence-electron chi connectivity index (χ0n) is 7.51. The van der Waals surface area contributed by atoms with Crippen LogP contribution in [0.15, 0.2) is 0 Å². The summed E-state index contributed by atoms with van der Waals surface area (Å²) in [5.41, 5.74) is 0. The Balaban J connectivity index is 2.05. The van der Waals surface area contributed by atoms with Gasteiger partial charge in [0.1, 0.15) is 0 Å². The van der Waals surface area contributed by atoms with Crippen LogP contribution in [0.4, 0.5) is 0 Å². The minimum atomic E-state index is 0.283. The lowest BCUT2D eigenvalue weighted by Crippen LogP contribution is -2.42. The minimum absolute atomic E-state index is 0.283. The molecule has 13 heavy (non-hydrogen) atoms. The Morgan fingerprint density at radius 2 is 1.85 bits per heavy atom. The van der Waals surface area contributed by atoms with Gasteiger partial charge in [0.2, 0.25) is 0 Å². The van der Waals surface area contributed by atoms with E-state index >= 15 is 0 Å². The molecule has 76 valence electrons. The van der Waals surface area contributed by atoms with Gasteiger partial charge in [-0.25, -0.2) is 3.11 Å². The second-order valence-electron chi connectivity index (χ2n) is 3.21. The fraction of sp³-hybridized carbons (Fsp3) is 0.875. The number of hydrogen-bond acceptors (Lipinski definition) is 3. The Hall–Kier alpha value is 1.05. The van der Waals surface area contributed by atoms with Crippen molar-refractivity contribution in [3.63, 3.8) is 0 Å². The number of rotatable bonds is 4. The predicted molar refractivity (Wildman–Crippen MR) is 70.3 cm³/mol. The van der Waals surface area contributed by atoms with E-state index in [-0.39, 0.29) is 3.79 Å². The molecule has 1 heterocycles. The maximum absolute atomic E-state index is 10.7. The first-order chi connectivity index (χ1) is 6.18. The van der Waals surface area contributed by atoms with Crippen LogP contribution < -0.4 is 0 Å².